The Hall–Kier alpha value is -0.0800. The number of sulfonamides is 1. The molecule has 7 heteroatoms. The van der Waals surface area contributed by atoms with E-state index in [1.54, 1.807) is 6.07 Å². The van der Waals surface area contributed by atoms with Crippen molar-refractivity contribution >= 4 is 33.1 Å². The first-order valence-corrected chi connectivity index (χ1v) is 10.3. The fourth-order valence-corrected chi connectivity index (χ4v) is 6.74. The second-order valence-corrected chi connectivity index (χ2v) is 9.53. The zero-order valence-corrected chi connectivity index (χ0v) is 14.3. The van der Waals surface area contributed by atoms with Gasteiger partial charge in [-0.1, -0.05) is 13.3 Å². The van der Waals surface area contributed by atoms with Crippen molar-refractivity contribution < 1.29 is 8.42 Å². The number of thiophene rings is 1. The Labute approximate surface area is 129 Å². The van der Waals surface area contributed by atoms with Gasteiger partial charge in [-0.25, -0.2) is 13.1 Å². The highest BCUT2D eigenvalue weighted by atomic mass is 32.2. The largest absolute Gasteiger partial charge is 0.326 e. The van der Waals surface area contributed by atoms with Crippen LogP contribution >= 0.6 is 23.1 Å². The Balaban J connectivity index is 2.16. The predicted octanol–water partition coefficient (Wildman–Crippen LogP) is 2.47. The molecule has 2 unspecified atom stereocenters. The Morgan fingerprint density at radius 3 is 2.85 bits per heavy atom. The number of hydrogen-bond donors (Lipinski definition) is 2. The summed E-state index contributed by atoms with van der Waals surface area (Å²) in [5, 5.41) is 0.405. The van der Waals surface area contributed by atoms with E-state index in [1.807, 2.05) is 18.7 Å². The Bertz CT molecular complexity index is 554. The summed E-state index contributed by atoms with van der Waals surface area (Å²) in [7, 11) is -3.42. The Morgan fingerprint density at radius 2 is 2.25 bits per heavy atom. The van der Waals surface area contributed by atoms with E-state index in [1.165, 1.54) is 11.3 Å². The molecule has 1 fully saturated rings. The summed E-state index contributed by atoms with van der Waals surface area (Å²) in [4.78, 5) is 2.12. The van der Waals surface area contributed by atoms with Gasteiger partial charge in [-0.05, 0) is 31.6 Å². The van der Waals surface area contributed by atoms with Crippen molar-refractivity contribution in [2.45, 2.75) is 55.8 Å². The summed E-state index contributed by atoms with van der Waals surface area (Å²) in [5.41, 5.74) is 5.59. The molecule has 114 valence electrons. The quantitative estimate of drug-likeness (QED) is 0.838. The van der Waals surface area contributed by atoms with Crippen molar-refractivity contribution in [3.05, 3.63) is 15.8 Å². The summed E-state index contributed by atoms with van der Waals surface area (Å²) in [6.45, 7) is 4.34. The summed E-state index contributed by atoms with van der Waals surface area (Å²) in [5.74, 6) is 1.03. The monoisotopic (exact) mass is 334 g/mol. The van der Waals surface area contributed by atoms with Gasteiger partial charge < -0.3 is 5.73 Å². The van der Waals surface area contributed by atoms with Crippen LogP contribution in [0, 0.1) is 6.92 Å². The molecule has 0 aliphatic heterocycles. The maximum Gasteiger partial charge on any atom is 0.241 e. The van der Waals surface area contributed by atoms with Crippen LogP contribution in [0.2, 0.25) is 0 Å². The van der Waals surface area contributed by atoms with Crippen molar-refractivity contribution in [1.82, 2.24) is 4.72 Å². The van der Waals surface area contributed by atoms with E-state index in [0.717, 1.165) is 34.8 Å². The summed E-state index contributed by atoms with van der Waals surface area (Å²) in [6.07, 6.45) is 3.13. The van der Waals surface area contributed by atoms with E-state index < -0.39 is 10.0 Å². The second-order valence-electron chi connectivity index (χ2n) is 4.99. The maximum absolute atomic E-state index is 12.5. The second kappa shape index (κ2) is 6.79. The molecule has 0 saturated heterocycles. The van der Waals surface area contributed by atoms with Gasteiger partial charge in [0.05, 0.1) is 4.90 Å². The van der Waals surface area contributed by atoms with Crippen LogP contribution in [0.3, 0.4) is 0 Å². The molecular formula is C13H22N2O2S3. The molecule has 0 radical (unpaired) electrons. The van der Waals surface area contributed by atoms with Crippen molar-refractivity contribution in [2.24, 2.45) is 5.73 Å². The number of nitrogens with two attached hydrogens (primary N) is 1. The van der Waals surface area contributed by atoms with E-state index >= 15 is 0 Å². The van der Waals surface area contributed by atoms with Crippen LogP contribution in [0.4, 0.5) is 0 Å². The number of thioether (sulfide) groups is 1. The maximum atomic E-state index is 12.5. The molecule has 1 heterocycles. The molecule has 3 N–H and O–H groups in total. The number of aryl methyl sites for hydroxylation is 1. The smallest absolute Gasteiger partial charge is 0.241 e. The first-order valence-electron chi connectivity index (χ1n) is 6.91. The lowest BCUT2D eigenvalue weighted by Crippen LogP contribution is -2.38. The lowest BCUT2D eigenvalue weighted by atomic mass is 10.3. The van der Waals surface area contributed by atoms with E-state index in [4.69, 9.17) is 5.73 Å². The molecule has 0 spiro atoms. The highest BCUT2D eigenvalue weighted by Crippen LogP contribution is 2.32. The fraction of sp³-hybridized carbons (Fsp3) is 0.692. The SMILES string of the molecule is CCSC1CCCC1NS(=O)(=O)c1cc(CN)sc1C. The molecule has 4 nitrogen and oxygen atoms in total. The van der Waals surface area contributed by atoms with Crippen LogP contribution in [0.1, 0.15) is 35.9 Å². The van der Waals surface area contributed by atoms with Gasteiger partial charge in [0.1, 0.15) is 0 Å². The number of hydrogen-bond acceptors (Lipinski definition) is 5. The standard InChI is InChI=1S/C13H22N2O2S3/c1-3-18-12-6-4-5-11(12)15-20(16,17)13-7-10(8-14)19-9(13)2/h7,11-12,15H,3-6,8,14H2,1-2H3. The zero-order chi connectivity index (χ0) is 14.8. The molecule has 1 aliphatic carbocycles. The highest BCUT2D eigenvalue weighted by molar-refractivity contribution is 8.00. The Kier molecular flexibility index (Phi) is 5.53. The van der Waals surface area contributed by atoms with Gasteiger partial charge in [0.15, 0.2) is 0 Å². The van der Waals surface area contributed by atoms with Crippen molar-refractivity contribution in [1.29, 1.82) is 0 Å². The van der Waals surface area contributed by atoms with Crippen molar-refractivity contribution in [3.8, 4) is 0 Å². The third-order valence-corrected chi connectivity index (χ3v) is 7.70. The van der Waals surface area contributed by atoms with Gasteiger partial charge >= 0.3 is 0 Å². The van der Waals surface area contributed by atoms with E-state index in [-0.39, 0.29) is 6.04 Å². The molecule has 1 aromatic heterocycles. The molecule has 2 rings (SSSR count). The lowest BCUT2D eigenvalue weighted by molar-refractivity contribution is 0.555. The number of nitrogens with one attached hydrogen (secondary N) is 1. The molecule has 2 atom stereocenters. The van der Waals surface area contributed by atoms with Gasteiger partial charge in [-0.3, -0.25) is 0 Å². The summed E-state index contributed by atoms with van der Waals surface area (Å²) >= 11 is 3.31. The lowest BCUT2D eigenvalue weighted by Gasteiger charge is -2.20. The first-order chi connectivity index (χ1) is 9.47. The van der Waals surface area contributed by atoms with Crippen LogP contribution in [0.25, 0.3) is 0 Å². The van der Waals surface area contributed by atoms with Crippen LogP contribution in [0.15, 0.2) is 11.0 Å². The minimum Gasteiger partial charge on any atom is -0.326 e. The molecule has 1 saturated carbocycles. The first kappa shape index (κ1) is 16.3. The van der Waals surface area contributed by atoms with Gasteiger partial charge in [-0.15, -0.1) is 11.3 Å². The van der Waals surface area contributed by atoms with Crippen molar-refractivity contribution in [3.63, 3.8) is 0 Å². The molecular weight excluding hydrogens is 312 g/mol. The molecule has 0 amide bonds. The van der Waals surface area contributed by atoms with Gasteiger partial charge in [-0.2, -0.15) is 11.8 Å². The molecule has 20 heavy (non-hydrogen) atoms. The predicted molar refractivity (Wildman–Crippen MR) is 86.8 cm³/mol. The topological polar surface area (TPSA) is 72.2 Å². The van der Waals surface area contributed by atoms with Gasteiger partial charge in [0, 0.05) is 27.6 Å². The van der Waals surface area contributed by atoms with Gasteiger partial charge in [0.25, 0.3) is 0 Å². The average molecular weight is 335 g/mol. The van der Waals surface area contributed by atoms with E-state index in [9.17, 15) is 8.42 Å². The molecule has 0 bridgehead atoms. The normalized spacial score (nSPS) is 23.4. The average Bonchev–Trinajstić information content (AvgIpc) is 2.97. The van der Waals surface area contributed by atoms with Crippen LogP contribution in [-0.4, -0.2) is 25.5 Å². The highest BCUT2D eigenvalue weighted by Gasteiger charge is 2.32. The summed E-state index contributed by atoms with van der Waals surface area (Å²) < 4.78 is 28.0. The molecule has 0 aromatic carbocycles. The zero-order valence-electron chi connectivity index (χ0n) is 11.9. The van der Waals surface area contributed by atoms with Crippen LogP contribution in [-0.2, 0) is 16.6 Å². The van der Waals surface area contributed by atoms with Crippen LogP contribution < -0.4 is 10.5 Å². The molecule has 1 aromatic rings. The van der Waals surface area contributed by atoms with Gasteiger partial charge in [0.2, 0.25) is 10.0 Å². The van der Waals surface area contributed by atoms with Crippen molar-refractivity contribution in [2.75, 3.05) is 5.75 Å². The fourth-order valence-electron chi connectivity index (χ4n) is 2.63. The minimum atomic E-state index is -3.42. The van der Waals surface area contributed by atoms with Crippen LogP contribution in [0.5, 0.6) is 0 Å². The molecule has 1 aliphatic rings. The van der Waals surface area contributed by atoms with E-state index in [2.05, 4.69) is 11.6 Å². The third kappa shape index (κ3) is 3.57. The minimum absolute atomic E-state index is 0.0607. The number of rotatable bonds is 6. The Morgan fingerprint density at radius 1 is 1.50 bits per heavy atom. The van der Waals surface area contributed by atoms with E-state index in [0.29, 0.717) is 16.7 Å². The summed E-state index contributed by atoms with van der Waals surface area (Å²) in [6, 6.07) is 1.77. The third-order valence-electron chi connectivity index (χ3n) is 3.55.